The predicted molar refractivity (Wildman–Crippen MR) is 104 cm³/mol. The molecular formula is C21H20N2O6. The maximum Gasteiger partial charge on any atom is 0.311 e. The molecule has 1 N–H and O–H groups in total. The molecule has 8 heteroatoms. The lowest BCUT2D eigenvalue weighted by Gasteiger charge is -2.30. The third-order valence-electron chi connectivity index (χ3n) is 4.65. The van der Waals surface area contributed by atoms with E-state index in [4.69, 9.17) is 14.2 Å². The van der Waals surface area contributed by atoms with Gasteiger partial charge in [-0.25, -0.2) is 0 Å². The molecule has 4 rings (SSSR count). The number of esters is 1. The van der Waals surface area contributed by atoms with E-state index in [1.165, 1.54) is 11.8 Å². The van der Waals surface area contributed by atoms with Gasteiger partial charge in [-0.1, -0.05) is 18.2 Å². The van der Waals surface area contributed by atoms with Crippen LogP contribution in [0.3, 0.4) is 0 Å². The SMILES string of the molecule is C[C@H](OC(=O)Cc1ccc2c(c1)OCCO2)C(=O)N1CC(=O)Nc2ccccc21. The molecule has 0 saturated heterocycles. The van der Waals surface area contributed by atoms with Crippen LogP contribution in [0.15, 0.2) is 42.5 Å². The van der Waals surface area contributed by atoms with Crippen LogP contribution >= 0.6 is 0 Å². The Morgan fingerprint density at radius 3 is 2.72 bits per heavy atom. The van der Waals surface area contributed by atoms with Crippen molar-refractivity contribution in [2.24, 2.45) is 0 Å². The van der Waals surface area contributed by atoms with Crippen LogP contribution in [0, 0.1) is 0 Å². The van der Waals surface area contributed by atoms with Crippen LogP contribution < -0.4 is 19.7 Å². The lowest BCUT2D eigenvalue weighted by atomic mass is 10.1. The number of ether oxygens (including phenoxy) is 3. The van der Waals surface area contributed by atoms with Gasteiger partial charge in [0.25, 0.3) is 5.91 Å². The smallest absolute Gasteiger partial charge is 0.311 e. The van der Waals surface area contributed by atoms with Crippen molar-refractivity contribution in [1.29, 1.82) is 0 Å². The minimum absolute atomic E-state index is 0.00860. The van der Waals surface area contributed by atoms with Gasteiger partial charge in [0.1, 0.15) is 19.8 Å². The van der Waals surface area contributed by atoms with Crippen molar-refractivity contribution in [3.05, 3.63) is 48.0 Å². The molecule has 1 atom stereocenters. The fraction of sp³-hybridized carbons (Fsp3) is 0.286. The van der Waals surface area contributed by atoms with E-state index in [9.17, 15) is 14.4 Å². The van der Waals surface area contributed by atoms with Gasteiger partial charge in [0.05, 0.1) is 17.8 Å². The minimum atomic E-state index is -1.03. The summed E-state index contributed by atoms with van der Waals surface area (Å²) in [5, 5.41) is 2.72. The van der Waals surface area contributed by atoms with Crippen LogP contribution in [-0.4, -0.2) is 43.6 Å². The second-order valence-corrected chi connectivity index (χ2v) is 6.78. The first-order valence-electron chi connectivity index (χ1n) is 9.29. The molecule has 150 valence electrons. The molecule has 2 aliphatic heterocycles. The number of rotatable bonds is 4. The van der Waals surface area contributed by atoms with E-state index in [1.807, 2.05) is 0 Å². The van der Waals surface area contributed by atoms with E-state index in [0.717, 1.165) is 0 Å². The maximum atomic E-state index is 12.8. The van der Waals surface area contributed by atoms with E-state index in [1.54, 1.807) is 42.5 Å². The second-order valence-electron chi connectivity index (χ2n) is 6.78. The Kier molecular flexibility index (Phi) is 5.07. The number of hydrogen-bond donors (Lipinski definition) is 1. The zero-order chi connectivity index (χ0) is 20.4. The van der Waals surface area contributed by atoms with Gasteiger partial charge in [-0.05, 0) is 36.8 Å². The largest absolute Gasteiger partial charge is 0.486 e. The van der Waals surface area contributed by atoms with Crippen molar-refractivity contribution in [2.45, 2.75) is 19.4 Å². The van der Waals surface area contributed by atoms with Gasteiger partial charge in [0, 0.05) is 0 Å². The van der Waals surface area contributed by atoms with Crippen LogP contribution in [0.5, 0.6) is 11.5 Å². The van der Waals surface area contributed by atoms with Crippen molar-refractivity contribution in [1.82, 2.24) is 0 Å². The first-order chi connectivity index (χ1) is 14.0. The Bertz CT molecular complexity index is 973. The Morgan fingerprint density at radius 1 is 1.14 bits per heavy atom. The van der Waals surface area contributed by atoms with Crippen LogP contribution in [0.1, 0.15) is 12.5 Å². The lowest BCUT2D eigenvalue weighted by molar-refractivity contribution is -0.153. The van der Waals surface area contributed by atoms with Crippen molar-refractivity contribution in [3.63, 3.8) is 0 Å². The number of carbonyl (C=O) groups is 3. The second kappa shape index (κ2) is 7.83. The fourth-order valence-electron chi connectivity index (χ4n) is 3.30. The number of hydrogen-bond acceptors (Lipinski definition) is 6. The summed E-state index contributed by atoms with van der Waals surface area (Å²) in [7, 11) is 0. The highest BCUT2D eigenvalue weighted by molar-refractivity contribution is 6.11. The zero-order valence-corrected chi connectivity index (χ0v) is 15.8. The summed E-state index contributed by atoms with van der Waals surface area (Å²) in [6.45, 7) is 2.32. The monoisotopic (exact) mass is 396 g/mol. The van der Waals surface area contributed by atoms with Crippen LogP contribution in [0.25, 0.3) is 0 Å². The molecule has 8 nitrogen and oxygen atoms in total. The number of benzene rings is 2. The molecular weight excluding hydrogens is 376 g/mol. The number of nitrogens with zero attached hydrogens (tertiary/aromatic N) is 1. The number of carbonyl (C=O) groups excluding carboxylic acids is 3. The van der Waals surface area contributed by atoms with E-state index < -0.39 is 18.0 Å². The van der Waals surface area contributed by atoms with Gasteiger partial charge >= 0.3 is 5.97 Å². The number of amides is 2. The highest BCUT2D eigenvalue weighted by Gasteiger charge is 2.31. The summed E-state index contributed by atoms with van der Waals surface area (Å²) in [4.78, 5) is 38.4. The van der Waals surface area contributed by atoms with E-state index in [0.29, 0.717) is 41.7 Å². The first kappa shape index (κ1) is 18.8. The van der Waals surface area contributed by atoms with E-state index in [2.05, 4.69) is 5.32 Å². The van der Waals surface area contributed by atoms with Gasteiger partial charge < -0.3 is 19.5 Å². The molecule has 0 aromatic heterocycles. The van der Waals surface area contributed by atoms with Gasteiger partial charge in [-0.3, -0.25) is 19.3 Å². The lowest BCUT2D eigenvalue weighted by Crippen LogP contribution is -2.47. The van der Waals surface area contributed by atoms with Gasteiger partial charge in [0.2, 0.25) is 5.91 Å². The molecule has 2 heterocycles. The topological polar surface area (TPSA) is 94.2 Å². The van der Waals surface area contributed by atoms with Crippen molar-refractivity contribution in [2.75, 3.05) is 30.0 Å². The molecule has 0 aliphatic carbocycles. The molecule has 2 amide bonds. The molecule has 2 aromatic carbocycles. The number of fused-ring (bicyclic) bond motifs is 2. The number of para-hydroxylation sites is 2. The minimum Gasteiger partial charge on any atom is -0.486 e. The highest BCUT2D eigenvalue weighted by Crippen LogP contribution is 2.31. The molecule has 0 spiro atoms. The summed E-state index contributed by atoms with van der Waals surface area (Å²) in [5.41, 5.74) is 1.82. The third kappa shape index (κ3) is 4.01. The summed E-state index contributed by atoms with van der Waals surface area (Å²) in [5.74, 6) is -0.0764. The van der Waals surface area contributed by atoms with E-state index in [-0.39, 0.29) is 18.9 Å². The Morgan fingerprint density at radius 2 is 1.90 bits per heavy atom. The van der Waals surface area contributed by atoms with Crippen LogP contribution in [0.2, 0.25) is 0 Å². The van der Waals surface area contributed by atoms with Gasteiger partial charge in [-0.2, -0.15) is 0 Å². The molecule has 0 bridgehead atoms. The average Bonchev–Trinajstić information content (AvgIpc) is 2.72. The Hall–Kier alpha value is -3.55. The van der Waals surface area contributed by atoms with Gasteiger partial charge in [0.15, 0.2) is 17.6 Å². The summed E-state index contributed by atoms with van der Waals surface area (Å²) in [6.07, 6.45) is -1.04. The Balaban J connectivity index is 1.41. The quantitative estimate of drug-likeness (QED) is 0.794. The normalized spacial score (nSPS) is 15.8. The summed E-state index contributed by atoms with van der Waals surface area (Å²) < 4.78 is 16.3. The predicted octanol–water partition coefficient (Wildman–Crippen LogP) is 1.92. The maximum absolute atomic E-state index is 12.8. The molecule has 2 aliphatic rings. The number of anilines is 2. The zero-order valence-electron chi connectivity index (χ0n) is 15.8. The Labute approximate surface area is 167 Å². The van der Waals surface area contributed by atoms with Crippen molar-refractivity contribution >= 4 is 29.2 Å². The molecule has 29 heavy (non-hydrogen) atoms. The molecule has 0 saturated carbocycles. The summed E-state index contributed by atoms with van der Waals surface area (Å²) in [6, 6.07) is 12.2. The first-order valence-corrected chi connectivity index (χ1v) is 9.29. The standard InChI is InChI=1S/C21H20N2O6/c1-13(21(26)23-12-19(24)22-15-4-2-3-5-16(15)23)29-20(25)11-14-6-7-17-18(10-14)28-9-8-27-17/h2-7,10,13H,8-9,11-12H2,1H3,(H,22,24)/t13-/m0/s1. The van der Waals surface area contributed by atoms with Gasteiger partial charge in [-0.15, -0.1) is 0 Å². The van der Waals surface area contributed by atoms with E-state index >= 15 is 0 Å². The van der Waals surface area contributed by atoms with Crippen molar-refractivity contribution in [3.8, 4) is 11.5 Å². The molecule has 0 radical (unpaired) electrons. The highest BCUT2D eigenvalue weighted by atomic mass is 16.6. The fourth-order valence-corrected chi connectivity index (χ4v) is 3.30. The molecule has 0 fully saturated rings. The van der Waals surface area contributed by atoms with Crippen LogP contribution in [0.4, 0.5) is 11.4 Å². The summed E-state index contributed by atoms with van der Waals surface area (Å²) >= 11 is 0. The van der Waals surface area contributed by atoms with Crippen LogP contribution in [-0.2, 0) is 25.5 Å². The number of nitrogens with one attached hydrogen (secondary N) is 1. The third-order valence-corrected chi connectivity index (χ3v) is 4.65. The van der Waals surface area contributed by atoms with Crippen molar-refractivity contribution < 1.29 is 28.6 Å². The molecule has 2 aromatic rings. The molecule has 0 unspecified atom stereocenters. The average molecular weight is 396 g/mol.